The van der Waals surface area contributed by atoms with Crippen LogP contribution in [0.5, 0.6) is 5.75 Å². The van der Waals surface area contributed by atoms with Crippen molar-refractivity contribution in [2.45, 2.75) is 31.0 Å². The summed E-state index contributed by atoms with van der Waals surface area (Å²) in [6.07, 6.45) is 4.36. The van der Waals surface area contributed by atoms with Crippen LogP contribution in [0.4, 0.5) is 0 Å². The summed E-state index contributed by atoms with van der Waals surface area (Å²) in [5.74, 6) is 0.786. The first-order valence-electron chi connectivity index (χ1n) is 9.92. The van der Waals surface area contributed by atoms with Crippen molar-refractivity contribution in [3.05, 3.63) is 58.6 Å². The van der Waals surface area contributed by atoms with Gasteiger partial charge < -0.3 is 0 Å². The Balaban J connectivity index is 1.31. The van der Waals surface area contributed by atoms with Crippen LogP contribution in [0.2, 0.25) is 9.73 Å². The normalized spacial score (nSPS) is 15.9. The van der Waals surface area contributed by atoms with E-state index in [1.807, 2.05) is 25.3 Å². The molecule has 1 aliphatic heterocycles. The monoisotopic (exact) mass is 488 g/mol. The molecule has 3 aromatic rings. The predicted molar refractivity (Wildman–Crippen MR) is 122 cm³/mol. The predicted octanol–water partition coefficient (Wildman–Crippen LogP) is 4.67. The van der Waals surface area contributed by atoms with E-state index in [4.69, 9.17) is 21.3 Å². The van der Waals surface area contributed by atoms with Crippen LogP contribution in [0.15, 0.2) is 48.0 Å². The molecule has 151 valence electrons. The molecule has 0 spiro atoms. The number of benzene rings is 1. The average Bonchev–Trinajstić information content (AvgIpc) is 3.27. The molecule has 1 aliphatic rings. The molecule has 4 rings (SSSR count). The van der Waals surface area contributed by atoms with Gasteiger partial charge in [0.25, 0.3) is 0 Å². The van der Waals surface area contributed by atoms with Gasteiger partial charge in [0.1, 0.15) is 0 Å². The fourth-order valence-corrected chi connectivity index (χ4v) is 6.72. The fraction of sp³-hybridized carbons (Fsp3) is 0.364. The molecule has 1 fully saturated rings. The molecule has 0 unspecified atom stereocenters. The zero-order valence-electron chi connectivity index (χ0n) is 16.4. The summed E-state index contributed by atoms with van der Waals surface area (Å²) in [5, 5.41) is 2.78. The Morgan fingerprint density at radius 2 is 2.10 bits per heavy atom. The topological polar surface area (TPSA) is 38.2 Å². The van der Waals surface area contributed by atoms with Crippen molar-refractivity contribution >= 4 is 43.3 Å². The van der Waals surface area contributed by atoms with Crippen LogP contribution in [-0.2, 0) is 6.54 Å². The third-order valence-corrected chi connectivity index (χ3v) is 8.96. The van der Waals surface area contributed by atoms with Gasteiger partial charge in [-0.05, 0) is 0 Å². The fourth-order valence-electron chi connectivity index (χ4n) is 3.51. The van der Waals surface area contributed by atoms with Crippen LogP contribution in [-0.4, -0.2) is 50.3 Å². The summed E-state index contributed by atoms with van der Waals surface area (Å²) in [4.78, 5) is 13.1. The van der Waals surface area contributed by atoms with Gasteiger partial charge in [0.2, 0.25) is 0 Å². The molecule has 0 bridgehead atoms. The number of ether oxygens (including phenoxy) is 1. The molecule has 7 heteroatoms. The van der Waals surface area contributed by atoms with Crippen molar-refractivity contribution in [3.63, 3.8) is 0 Å². The quantitative estimate of drug-likeness (QED) is 0.453. The number of thiophene rings is 1. The molecule has 2 aromatic heterocycles. The second kappa shape index (κ2) is 10.1. The first-order chi connectivity index (χ1) is 14.2. The minimum absolute atomic E-state index is 0.00140. The third kappa shape index (κ3) is 5.61. The van der Waals surface area contributed by atoms with Gasteiger partial charge in [-0.1, -0.05) is 0 Å². The molecule has 0 N–H and O–H groups in total. The number of aromatic nitrogens is 2. The second-order valence-electron chi connectivity index (χ2n) is 7.05. The van der Waals surface area contributed by atoms with Crippen LogP contribution in [0.3, 0.4) is 0 Å². The Morgan fingerprint density at radius 3 is 2.86 bits per heavy atom. The SMILES string of the molecule is CCOc1cc(CN2CCC([As]c3nccc(-c4cccs4)n3)CC2)ccc1Cl. The van der Waals surface area contributed by atoms with Crippen LogP contribution in [0.25, 0.3) is 10.6 Å². The molecule has 0 aliphatic carbocycles. The van der Waals surface area contributed by atoms with E-state index in [0.29, 0.717) is 11.6 Å². The van der Waals surface area contributed by atoms with E-state index in [0.717, 1.165) is 40.4 Å². The molecule has 0 saturated carbocycles. The number of hydrogen-bond acceptors (Lipinski definition) is 5. The van der Waals surface area contributed by atoms with Crippen LogP contribution >= 0.6 is 22.9 Å². The summed E-state index contributed by atoms with van der Waals surface area (Å²) in [7, 11) is 0. The zero-order chi connectivity index (χ0) is 20.1. The van der Waals surface area contributed by atoms with Crippen molar-refractivity contribution in [1.29, 1.82) is 0 Å². The van der Waals surface area contributed by atoms with Gasteiger partial charge in [-0.3, -0.25) is 0 Å². The Labute approximate surface area is 188 Å². The number of hydrogen-bond donors (Lipinski definition) is 0. The number of piperidine rings is 1. The Hall–Kier alpha value is -1.39. The molecule has 29 heavy (non-hydrogen) atoms. The number of likely N-dealkylation sites (tertiary alicyclic amines) is 1. The van der Waals surface area contributed by atoms with Crippen molar-refractivity contribution in [3.8, 4) is 16.3 Å². The van der Waals surface area contributed by atoms with Gasteiger partial charge in [-0.25, -0.2) is 0 Å². The molecule has 3 heterocycles. The Kier molecular flexibility index (Phi) is 7.25. The van der Waals surface area contributed by atoms with E-state index in [1.54, 1.807) is 11.3 Å². The van der Waals surface area contributed by atoms with E-state index in [-0.39, 0.29) is 15.8 Å². The van der Waals surface area contributed by atoms with Gasteiger partial charge >= 0.3 is 189 Å². The van der Waals surface area contributed by atoms with Crippen LogP contribution in [0, 0.1) is 0 Å². The first kappa shape index (κ1) is 20.9. The standard InChI is InChI=1S/C22H24AsClN3OS/c1-2-28-20-14-16(5-6-18(20)24)15-27-11-8-17(9-12-27)23-22-25-10-7-19(26-22)21-4-3-13-29-21/h3-7,10,13-14,17H,2,8-9,11-12,15H2,1H3. The Bertz CT molecular complexity index is 930. The maximum absolute atomic E-state index is 6.21. The summed E-state index contributed by atoms with van der Waals surface area (Å²) in [6.45, 7) is 5.81. The van der Waals surface area contributed by atoms with E-state index in [2.05, 4.69) is 39.5 Å². The van der Waals surface area contributed by atoms with Gasteiger partial charge in [0, 0.05) is 0 Å². The second-order valence-corrected chi connectivity index (χ2v) is 11.3. The molecule has 0 atom stereocenters. The van der Waals surface area contributed by atoms with Crippen molar-refractivity contribution in [2.75, 3.05) is 19.7 Å². The van der Waals surface area contributed by atoms with Gasteiger partial charge in [0.05, 0.1) is 0 Å². The maximum atomic E-state index is 6.21. The molecule has 0 amide bonds. The average molecular weight is 489 g/mol. The van der Waals surface area contributed by atoms with Gasteiger partial charge in [0.15, 0.2) is 0 Å². The van der Waals surface area contributed by atoms with Gasteiger partial charge in [-0.2, -0.15) is 0 Å². The minimum atomic E-state index is 0.00140. The summed E-state index contributed by atoms with van der Waals surface area (Å²) in [6, 6.07) is 12.3. The molecular formula is C22H24AsClN3OS. The van der Waals surface area contributed by atoms with E-state index >= 15 is 0 Å². The van der Waals surface area contributed by atoms with E-state index in [1.165, 1.54) is 23.3 Å². The van der Waals surface area contributed by atoms with Gasteiger partial charge in [-0.15, -0.1) is 0 Å². The molecule has 4 nitrogen and oxygen atoms in total. The number of rotatable bonds is 7. The molecule has 1 saturated heterocycles. The van der Waals surface area contributed by atoms with Crippen molar-refractivity contribution in [2.24, 2.45) is 0 Å². The van der Waals surface area contributed by atoms with Crippen LogP contribution < -0.4 is 9.35 Å². The number of nitrogens with zero attached hydrogens (tertiary/aromatic N) is 3. The van der Waals surface area contributed by atoms with E-state index < -0.39 is 0 Å². The summed E-state index contributed by atoms with van der Waals surface area (Å²) in [5.41, 5.74) is 2.32. The van der Waals surface area contributed by atoms with Crippen LogP contribution in [0.1, 0.15) is 25.3 Å². The third-order valence-electron chi connectivity index (χ3n) is 4.97. The molecular weight excluding hydrogens is 465 g/mol. The Morgan fingerprint density at radius 1 is 1.24 bits per heavy atom. The van der Waals surface area contributed by atoms with Crippen molar-refractivity contribution in [1.82, 2.24) is 14.9 Å². The van der Waals surface area contributed by atoms with E-state index in [9.17, 15) is 0 Å². The first-order valence-corrected chi connectivity index (χ1v) is 13.2. The number of halogens is 1. The molecule has 1 radical (unpaired) electrons. The zero-order valence-corrected chi connectivity index (χ0v) is 19.9. The summed E-state index contributed by atoms with van der Waals surface area (Å²) >= 11 is 7.95. The summed E-state index contributed by atoms with van der Waals surface area (Å²) < 4.78 is 7.43. The van der Waals surface area contributed by atoms with Crippen molar-refractivity contribution < 1.29 is 4.74 Å². The molecule has 1 aromatic carbocycles.